The molecule has 3 aromatic rings. The Hall–Kier alpha value is -2.73. The zero-order valence-corrected chi connectivity index (χ0v) is 19.1. The van der Waals surface area contributed by atoms with E-state index in [0.717, 1.165) is 42.7 Å². The molecule has 1 heterocycles. The van der Waals surface area contributed by atoms with Gasteiger partial charge >= 0.3 is 6.03 Å². The lowest BCUT2D eigenvalue weighted by molar-refractivity contribution is 0.242. The molecule has 5 nitrogen and oxygen atoms in total. The first-order valence-corrected chi connectivity index (χ1v) is 11.4. The summed E-state index contributed by atoms with van der Waals surface area (Å²) in [6.45, 7) is 2.35. The molecule has 7 heteroatoms. The second-order valence-electron chi connectivity index (χ2n) is 8.20. The van der Waals surface area contributed by atoms with Crippen LogP contribution < -0.4 is 21.7 Å². The number of carbonyl (C=O) groups is 1. The minimum Gasteiger partial charge on any atom is -0.399 e. The van der Waals surface area contributed by atoms with Crippen LogP contribution in [0.4, 0.5) is 16.2 Å². The van der Waals surface area contributed by atoms with Gasteiger partial charge < -0.3 is 21.7 Å². The number of urea groups is 1. The highest BCUT2D eigenvalue weighted by atomic mass is 35.5. The van der Waals surface area contributed by atoms with Gasteiger partial charge in [-0.15, -0.1) is 0 Å². The SMILES string of the molecule is Nc1cccc(-c2ccc(C3(CNC(=O)Nc4cc(Cl)cc(Cl)c4)CCNCC3)cc2)c1. The summed E-state index contributed by atoms with van der Waals surface area (Å²) < 4.78 is 0. The molecule has 0 unspecified atom stereocenters. The molecule has 0 atom stereocenters. The molecule has 1 saturated heterocycles. The van der Waals surface area contributed by atoms with Crippen molar-refractivity contribution in [3.63, 3.8) is 0 Å². The topological polar surface area (TPSA) is 79.2 Å². The third-order valence-electron chi connectivity index (χ3n) is 5.99. The van der Waals surface area contributed by atoms with Crippen LogP contribution in [0.25, 0.3) is 11.1 Å². The minimum atomic E-state index is -0.280. The largest absolute Gasteiger partial charge is 0.399 e. The number of hydrogen-bond acceptors (Lipinski definition) is 3. The Morgan fingerprint density at radius 2 is 1.62 bits per heavy atom. The van der Waals surface area contributed by atoms with E-state index >= 15 is 0 Å². The van der Waals surface area contributed by atoms with Gasteiger partial charge in [-0.2, -0.15) is 0 Å². The maximum Gasteiger partial charge on any atom is 0.319 e. The van der Waals surface area contributed by atoms with Crippen molar-refractivity contribution in [2.24, 2.45) is 0 Å². The molecule has 2 amide bonds. The third-order valence-corrected chi connectivity index (χ3v) is 6.42. The average molecular weight is 469 g/mol. The van der Waals surface area contributed by atoms with E-state index in [-0.39, 0.29) is 11.4 Å². The first-order chi connectivity index (χ1) is 15.4. The van der Waals surface area contributed by atoms with Crippen LogP contribution in [0, 0.1) is 0 Å². The number of carbonyl (C=O) groups excluding carboxylic acids is 1. The number of halogens is 2. The lowest BCUT2D eigenvalue weighted by Crippen LogP contribution is -2.48. The molecule has 5 N–H and O–H groups in total. The van der Waals surface area contributed by atoms with Gasteiger partial charge in [0.1, 0.15) is 0 Å². The van der Waals surface area contributed by atoms with E-state index < -0.39 is 0 Å². The smallest absolute Gasteiger partial charge is 0.319 e. The number of anilines is 2. The van der Waals surface area contributed by atoms with Gasteiger partial charge in [0.15, 0.2) is 0 Å². The maximum absolute atomic E-state index is 12.6. The van der Waals surface area contributed by atoms with Crippen molar-refractivity contribution in [1.29, 1.82) is 0 Å². The van der Waals surface area contributed by atoms with Crippen molar-refractivity contribution in [2.45, 2.75) is 18.3 Å². The van der Waals surface area contributed by atoms with Crippen LogP contribution in [0.15, 0.2) is 66.7 Å². The van der Waals surface area contributed by atoms with Gasteiger partial charge in [-0.1, -0.05) is 59.6 Å². The third kappa shape index (κ3) is 5.36. The predicted octanol–water partition coefficient (Wildman–Crippen LogP) is 5.69. The quantitative estimate of drug-likeness (QED) is 0.363. The summed E-state index contributed by atoms with van der Waals surface area (Å²) in [5.74, 6) is 0. The van der Waals surface area contributed by atoms with Crippen LogP contribution in [0.2, 0.25) is 10.0 Å². The number of nitrogens with one attached hydrogen (secondary N) is 3. The van der Waals surface area contributed by atoms with Crippen LogP contribution >= 0.6 is 23.2 Å². The van der Waals surface area contributed by atoms with Crippen LogP contribution in [-0.4, -0.2) is 25.7 Å². The first-order valence-electron chi connectivity index (χ1n) is 10.6. The van der Waals surface area contributed by atoms with Gasteiger partial charge in [0.05, 0.1) is 0 Å². The lowest BCUT2D eigenvalue weighted by atomic mass is 9.73. The fraction of sp³-hybridized carbons (Fsp3) is 0.240. The molecule has 0 aliphatic carbocycles. The monoisotopic (exact) mass is 468 g/mol. The van der Waals surface area contributed by atoms with Crippen LogP contribution in [0.3, 0.4) is 0 Å². The van der Waals surface area contributed by atoms with E-state index in [1.807, 2.05) is 18.2 Å². The Bertz CT molecular complexity index is 1080. The van der Waals surface area contributed by atoms with Crippen LogP contribution in [0.5, 0.6) is 0 Å². The number of amides is 2. The van der Waals surface area contributed by atoms with E-state index in [4.69, 9.17) is 28.9 Å². The second kappa shape index (κ2) is 9.82. The normalized spacial score (nSPS) is 15.2. The highest BCUT2D eigenvalue weighted by molar-refractivity contribution is 6.35. The van der Waals surface area contributed by atoms with Crippen molar-refractivity contribution >= 4 is 40.6 Å². The molecule has 1 aliphatic heterocycles. The molecule has 0 saturated carbocycles. The van der Waals surface area contributed by atoms with Crippen molar-refractivity contribution in [3.05, 3.63) is 82.3 Å². The van der Waals surface area contributed by atoms with Crippen molar-refractivity contribution in [1.82, 2.24) is 10.6 Å². The van der Waals surface area contributed by atoms with Crippen molar-refractivity contribution in [2.75, 3.05) is 30.7 Å². The highest BCUT2D eigenvalue weighted by Crippen LogP contribution is 2.34. The molecule has 4 rings (SSSR count). The number of benzene rings is 3. The summed E-state index contributed by atoms with van der Waals surface area (Å²) in [4.78, 5) is 12.6. The molecule has 32 heavy (non-hydrogen) atoms. The molecule has 0 spiro atoms. The molecule has 3 aromatic carbocycles. The molecular formula is C25H26Cl2N4O. The Balaban J connectivity index is 1.49. The van der Waals surface area contributed by atoms with E-state index in [2.05, 4.69) is 46.3 Å². The summed E-state index contributed by atoms with van der Waals surface area (Å²) in [6.07, 6.45) is 1.88. The van der Waals surface area contributed by atoms with Gasteiger partial charge in [0, 0.05) is 33.4 Å². The molecule has 166 valence electrons. The molecular weight excluding hydrogens is 443 g/mol. The Kier molecular flexibility index (Phi) is 6.89. The molecule has 0 aromatic heterocycles. The van der Waals surface area contributed by atoms with Crippen molar-refractivity contribution < 1.29 is 4.79 Å². The van der Waals surface area contributed by atoms with E-state index in [0.29, 0.717) is 22.3 Å². The predicted molar refractivity (Wildman–Crippen MR) is 134 cm³/mol. The summed E-state index contributed by atoms with van der Waals surface area (Å²) in [5.41, 5.74) is 10.5. The summed E-state index contributed by atoms with van der Waals surface area (Å²) in [5, 5.41) is 10.2. The van der Waals surface area contributed by atoms with Crippen LogP contribution in [0.1, 0.15) is 18.4 Å². The zero-order chi connectivity index (χ0) is 22.6. The first kappa shape index (κ1) is 22.5. The average Bonchev–Trinajstić information content (AvgIpc) is 2.78. The van der Waals surface area contributed by atoms with Gasteiger partial charge in [-0.25, -0.2) is 4.79 Å². The maximum atomic E-state index is 12.6. The second-order valence-corrected chi connectivity index (χ2v) is 9.07. The summed E-state index contributed by atoms with van der Waals surface area (Å²) >= 11 is 12.1. The number of rotatable bonds is 5. The van der Waals surface area contributed by atoms with E-state index in [9.17, 15) is 4.79 Å². The number of nitrogen functional groups attached to an aromatic ring is 1. The highest BCUT2D eigenvalue weighted by Gasteiger charge is 2.34. The Morgan fingerprint density at radius 3 is 2.28 bits per heavy atom. The zero-order valence-electron chi connectivity index (χ0n) is 17.6. The van der Waals surface area contributed by atoms with E-state index in [1.165, 1.54) is 5.56 Å². The Morgan fingerprint density at radius 1 is 0.938 bits per heavy atom. The van der Waals surface area contributed by atoms with Gasteiger partial charge in [0.25, 0.3) is 0 Å². The Labute approximate surface area is 198 Å². The lowest BCUT2D eigenvalue weighted by Gasteiger charge is -2.38. The van der Waals surface area contributed by atoms with Gasteiger partial charge in [0.2, 0.25) is 0 Å². The fourth-order valence-corrected chi connectivity index (χ4v) is 4.78. The molecule has 1 aliphatic rings. The van der Waals surface area contributed by atoms with Crippen molar-refractivity contribution in [3.8, 4) is 11.1 Å². The molecule has 0 bridgehead atoms. The number of piperidine rings is 1. The molecule has 0 radical (unpaired) electrons. The van der Waals surface area contributed by atoms with Gasteiger partial charge in [-0.05, 0) is 73.0 Å². The van der Waals surface area contributed by atoms with Crippen LogP contribution in [-0.2, 0) is 5.41 Å². The summed E-state index contributed by atoms with van der Waals surface area (Å²) in [6, 6.07) is 21.2. The standard InChI is InChI=1S/C25H26Cl2N4O/c26-20-13-21(27)15-23(14-20)31-24(32)30-16-25(8-10-29-11-9-25)19-6-4-17(5-7-19)18-2-1-3-22(28)12-18/h1-7,12-15,29H,8-11,16,28H2,(H2,30,31,32). The number of hydrogen-bond donors (Lipinski definition) is 4. The molecule has 1 fully saturated rings. The summed E-state index contributed by atoms with van der Waals surface area (Å²) in [7, 11) is 0. The minimum absolute atomic E-state index is 0.136. The number of nitrogens with two attached hydrogens (primary N) is 1. The fourth-order valence-electron chi connectivity index (χ4n) is 4.26. The van der Waals surface area contributed by atoms with E-state index in [1.54, 1.807) is 18.2 Å². The van der Waals surface area contributed by atoms with Gasteiger partial charge in [-0.3, -0.25) is 0 Å².